The highest BCUT2D eigenvalue weighted by Crippen LogP contribution is 2.18. The smallest absolute Gasteiger partial charge is 0.309 e. The average Bonchev–Trinajstić information content (AvgIpc) is 3.47. The van der Waals surface area contributed by atoms with E-state index in [1.54, 1.807) is 6.08 Å². The molecule has 0 aliphatic rings. The number of carbonyl (C=O) groups excluding carboxylic acids is 3. The maximum Gasteiger partial charge on any atom is 0.309 e. The Morgan fingerprint density at radius 1 is 0.272 bits per heavy atom. The lowest BCUT2D eigenvalue weighted by Crippen LogP contribution is -2.30. The molecule has 1 atom stereocenters. The standard InChI is InChI=1S/C75H132O6/c1-4-7-10-13-16-19-22-25-28-30-31-32-33-34-35-36-37-38-39-40-41-42-43-45-47-50-53-56-59-62-65-68-74(77)80-71-72(70-79-73(76)67-64-61-58-55-52-49-46-27-24-21-18-15-12-9-6-3)81-75(78)69-66-63-60-57-54-51-48-44-29-26-23-20-17-14-11-8-5-2/h9,12,18,21,26-27,29-31,46,52,55,61,64,72H,4-8,10-11,13-17,19-20,22-25,28,32-45,47-51,53-54,56-60,62-63,65-71H2,1-3H3/b12-9-,21-18-,29-26-,31-30-,46-27-,55-52-,64-61-. The van der Waals surface area contributed by atoms with Crippen LogP contribution in [0.25, 0.3) is 0 Å². The van der Waals surface area contributed by atoms with Gasteiger partial charge < -0.3 is 14.2 Å². The Morgan fingerprint density at radius 3 is 0.852 bits per heavy atom. The number of esters is 3. The van der Waals surface area contributed by atoms with E-state index < -0.39 is 12.1 Å². The summed E-state index contributed by atoms with van der Waals surface area (Å²) in [5.74, 6) is -1.03. The van der Waals surface area contributed by atoms with Crippen molar-refractivity contribution < 1.29 is 28.6 Å². The Morgan fingerprint density at radius 2 is 0.531 bits per heavy atom. The summed E-state index contributed by atoms with van der Waals surface area (Å²) in [4.78, 5) is 38.3. The second-order valence-corrected chi connectivity index (χ2v) is 23.4. The zero-order valence-corrected chi connectivity index (χ0v) is 53.8. The molecule has 6 heteroatoms. The van der Waals surface area contributed by atoms with E-state index in [0.717, 1.165) is 70.6 Å². The summed E-state index contributed by atoms with van der Waals surface area (Å²) < 4.78 is 16.8. The molecule has 0 radical (unpaired) electrons. The van der Waals surface area contributed by atoms with Gasteiger partial charge in [0.15, 0.2) is 6.10 Å². The highest BCUT2D eigenvalue weighted by molar-refractivity contribution is 5.72. The molecule has 0 heterocycles. The van der Waals surface area contributed by atoms with E-state index in [1.165, 1.54) is 244 Å². The minimum atomic E-state index is -0.819. The second-order valence-electron chi connectivity index (χ2n) is 23.4. The van der Waals surface area contributed by atoms with E-state index >= 15 is 0 Å². The van der Waals surface area contributed by atoms with Gasteiger partial charge in [0.05, 0.1) is 6.42 Å². The monoisotopic (exact) mass is 1130 g/mol. The van der Waals surface area contributed by atoms with Crippen molar-refractivity contribution in [2.24, 2.45) is 0 Å². The van der Waals surface area contributed by atoms with E-state index in [1.807, 2.05) is 6.08 Å². The molecular weight excluding hydrogens is 997 g/mol. The molecule has 1 unspecified atom stereocenters. The first-order valence-corrected chi connectivity index (χ1v) is 35.1. The lowest BCUT2D eigenvalue weighted by Gasteiger charge is -2.18. The third-order valence-electron chi connectivity index (χ3n) is 15.4. The molecule has 0 saturated heterocycles. The SMILES string of the molecule is CC/C=C\C/C=C\C/C=C\C/C=C\C/C=C\CC(=O)OCC(COC(=O)CCCCCCCCCCCCCCCCCCCCC/C=C\CCCCCCCCCC)OC(=O)CCCCCCCCC/C=C\CCCCCCCC. The topological polar surface area (TPSA) is 78.9 Å². The van der Waals surface area contributed by atoms with Gasteiger partial charge in [0, 0.05) is 12.8 Å². The third-order valence-corrected chi connectivity index (χ3v) is 15.4. The molecule has 468 valence electrons. The second kappa shape index (κ2) is 69.1. The largest absolute Gasteiger partial charge is 0.462 e. The van der Waals surface area contributed by atoms with E-state index in [0.29, 0.717) is 12.8 Å². The minimum Gasteiger partial charge on any atom is -0.462 e. The van der Waals surface area contributed by atoms with Gasteiger partial charge in [-0.15, -0.1) is 0 Å². The third kappa shape index (κ3) is 67.3. The van der Waals surface area contributed by atoms with E-state index in [-0.39, 0.29) is 31.6 Å². The molecule has 0 rings (SSSR count). The molecule has 0 saturated carbocycles. The Bertz CT molecular complexity index is 1530. The van der Waals surface area contributed by atoms with E-state index in [4.69, 9.17) is 14.2 Å². The Labute approximate surface area is 503 Å². The van der Waals surface area contributed by atoms with Crippen LogP contribution >= 0.6 is 0 Å². The first-order valence-electron chi connectivity index (χ1n) is 35.1. The fourth-order valence-corrected chi connectivity index (χ4v) is 10.2. The van der Waals surface area contributed by atoms with E-state index in [9.17, 15) is 14.4 Å². The van der Waals surface area contributed by atoms with Crippen LogP contribution in [0.2, 0.25) is 0 Å². The zero-order chi connectivity index (χ0) is 58.5. The summed E-state index contributed by atoms with van der Waals surface area (Å²) in [7, 11) is 0. The van der Waals surface area contributed by atoms with Gasteiger partial charge in [-0.2, -0.15) is 0 Å². The minimum absolute atomic E-state index is 0.105. The van der Waals surface area contributed by atoms with Crippen LogP contribution in [-0.4, -0.2) is 37.2 Å². The van der Waals surface area contributed by atoms with Gasteiger partial charge in [-0.25, -0.2) is 0 Å². The van der Waals surface area contributed by atoms with Crippen molar-refractivity contribution in [3.05, 3.63) is 85.1 Å². The van der Waals surface area contributed by atoms with Crippen molar-refractivity contribution >= 4 is 17.9 Å². The average molecular weight is 1130 g/mol. The van der Waals surface area contributed by atoms with Crippen molar-refractivity contribution in [2.45, 2.75) is 361 Å². The molecular formula is C75H132O6. The molecule has 0 aliphatic heterocycles. The highest BCUT2D eigenvalue weighted by Gasteiger charge is 2.19. The lowest BCUT2D eigenvalue weighted by atomic mass is 10.0. The van der Waals surface area contributed by atoms with Gasteiger partial charge in [-0.3, -0.25) is 14.4 Å². The van der Waals surface area contributed by atoms with Crippen molar-refractivity contribution in [3.8, 4) is 0 Å². The number of rotatable bonds is 64. The number of carbonyl (C=O) groups is 3. The molecule has 81 heavy (non-hydrogen) atoms. The Kier molecular flexibility index (Phi) is 66.2. The van der Waals surface area contributed by atoms with Crippen molar-refractivity contribution in [3.63, 3.8) is 0 Å². The lowest BCUT2D eigenvalue weighted by molar-refractivity contribution is -0.166. The van der Waals surface area contributed by atoms with Gasteiger partial charge in [-0.05, 0) is 96.3 Å². The fraction of sp³-hybridized carbons (Fsp3) is 0.773. The van der Waals surface area contributed by atoms with Gasteiger partial charge in [-0.1, -0.05) is 324 Å². The molecule has 0 N–H and O–H groups in total. The number of ether oxygens (including phenoxy) is 3. The van der Waals surface area contributed by atoms with Crippen LogP contribution in [0.5, 0.6) is 0 Å². The summed E-state index contributed by atoms with van der Waals surface area (Å²) in [5.41, 5.74) is 0. The number of hydrogen-bond acceptors (Lipinski definition) is 6. The maximum atomic E-state index is 12.9. The summed E-state index contributed by atoms with van der Waals surface area (Å²) in [6, 6.07) is 0. The molecule has 0 aromatic heterocycles. The normalized spacial score (nSPS) is 12.6. The van der Waals surface area contributed by atoms with Crippen LogP contribution in [0.3, 0.4) is 0 Å². The summed E-state index contributed by atoms with van der Waals surface area (Å²) in [6.07, 6.45) is 92.2. The maximum absolute atomic E-state index is 12.9. The van der Waals surface area contributed by atoms with Crippen LogP contribution in [0.1, 0.15) is 355 Å². The predicted molar refractivity (Wildman–Crippen MR) is 353 cm³/mol. The molecule has 6 nitrogen and oxygen atoms in total. The molecule has 0 aromatic rings. The first-order chi connectivity index (χ1) is 40.0. The van der Waals surface area contributed by atoms with Crippen LogP contribution in [0.4, 0.5) is 0 Å². The molecule has 0 bridgehead atoms. The fourth-order valence-electron chi connectivity index (χ4n) is 10.2. The number of hydrogen-bond donors (Lipinski definition) is 0. The summed E-state index contributed by atoms with van der Waals surface area (Å²) in [5, 5.41) is 0. The van der Waals surface area contributed by atoms with Crippen LogP contribution in [0.15, 0.2) is 85.1 Å². The molecule has 0 spiro atoms. The van der Waals surface area contributed by atoms with Crippen LogP contribution in [-0.2, 0) is 28.6 Å². The molecule has 0 aromatic carbocycles. The van der Waals surface area contributed by atoms with Crippen molar-refractivity contribution in [1.29, 1.82) is 0 Å². The predicted octanol–water partition coefficient (Wildman–Crippen LogP) is 24.2. The quantitative estimate of drug-likeness (QED) is 0.0261. The summed E-state index contributed by atoms with van der Waals surface area (Å²) >= 11 is 0. The van der Waals surface area contributed by atoms with Gasteiger partial charge in [0.2, 0.25) is 0 Å². The van der Waals surface area contributed by atoms with Gasteiger partial charge in [0.1, 0.15) is 13.2 Å². The highest BCUT2D eigenvalue weighted by atomic mass is 16.6. The van der Waals surface area contributed by atoms with Crippen molar-refractivity contribution in [1.82, 2.24) is 0 Å². The molecule has 0 aliphatic carbocycles. The summed E-state index contributed by atoms with van der Waals surface area (Å²) in [6.45, 7) is 6.47. The Hall–Kier alpha value is -3.41. The number of unbranched alkanes of at least 4 members (excludes halogenated alkanes) is 40. The first kappa shape index (κ1) is 77.6. The van der Waals surface area contributed by atoms with Crippen LogP contribution in [0, 0.1) is 0 Å². The molecule has 0 amide bonds. The van der Waals surface area contributed by atoms with Gasteiger partial charge >= 0.3 is 17.9 Å². The van der Waals surface area contributed by atoms with Gasteiger partial charge in [0.25, 0.3) is 0 Å². The number of allylic oxidation sites excluding steroid dienone is 13. The Balaban J connectivity index is 4.25. The van der Waals surface area contributed by atoms with E-state index in [2.05, 4.69) is 93.7 Å². The van der Waals surface area contributed by atoms with Crippen molar-refractivity contribution in [2.75, 3.05) is 13.2 Å². The van der Waals surface area contributed by atoms with Crippen LogP contribution < -0.4 is 0 Å². The molecule has 0 fully saturated rings. The zero-order valence-electron chi connectivity index (χ0n) is 53.8.